The molecule has 5 rings (SSSR count). The number of hydrogen-bond acceptors (Lipinski definition) is 7. The van der Waals surface area contributed by atoms with Gasteiger partial charge in [0.15, 0.2) is 0 Å². The molecule has 9 nitrogen and oxygen atoms in total. The molecule has 4 aromatic rings. The number of carbonyl (C=O) groups excluding carboxylic acids is 2. The van der Waals surface area contributed by atoms with Crippen LogP contribution in [-0.2, 0) is 9.47 Å². The van der Waals surface area contributed by atoms with Crippen molar-refractivity contribution in [2.75, 3.05) is 31.1 Å². The number of piperazine rings is 1. The van der Waals surface area contributed by atoms with Gasteiger partial charge in [-0.25, -0.2) is 14.2 Å². The normalized spacial score (nSPS) is 14.2. The molecule has 232 valence electrons. The Hall–Kier alpha value is -4.40. The maximum atomic E-state index is 13.8. The molecule has 0 aliphatic carbocycles. The molecule has 3 aromatic heterocycles. The number of nitrogens with zero attached hydrogens (tertiary/aromatic N) is 5. The molecule has 0 bridgehead atoms. The smallest absolute Gasteiger partial charge is 0.419 e. The summed E-state index contributed by atoms with van der Waals surface area (Å²) in [4.78, 5) is 39.6. The van der Waals surface area contributed by atoms with Crippen molar-refractivity contribution in [3.05, 3.63) is 65.6 Å². The van der Waals surface area contributed by atoms with E-state index in [1.54, 1.807) is 9.47 Å². The number of ether oxygens (including phenoxy) is 2. The molecule has 9 heteroatoms. The van der Waals surface area contributed by atoms with E-state index in [2.05, 4.69) is 22.0 Å². The van der Waals surface area contributed by atoms with Crippen LogP contribution in [0.3, 0.4) is 0 Å². The Bertz CT molecular complexity index is 1680. The minimum Gasteiger partial charge on any atom is -0.444 e. The first-order chi connectivity index (χ1) is 20.6. The van der Waals surface area contributed by atoms with Gasteiger partial charge in [0.25, 0.3) is 0 Å². The molecule has 0 spiro atoms. The molecule has 1 fully saturated rings. The maximum Gasteiger partial charge on any atom is 0.419 e. The Kier molecular flexibility index (Phi) is 8.18. The highest BCUT2D eigenvalue weighted by Crippen LogP contribution is 2.36. The monoisotopic (exact) mass is 597 g/mol. The van der Waals surface area contributed by atoms with E-state index in [1.807, 2.05) is 98.8 Å². The number of hydrogen-bond donors (Lipinski definition) is 0. The van der Waals surface area contributed by atoms with Crippen LogP contribution in [0.15, 0.2) is 48.7 Å². The topological polar surface area (TPSA) is 89.8 Å². The fourth-order valence-corrected chi connectivity index (χ4v) is 5.62. The summed E-state index contributed by atoms with van der Waals surface area (Å²) < 4.78 is 13.1. The van der Waals surface area contributed by atoms with Gasteiger partial charge in [-0.3, -0.25) is 9.97 Å². The number of pyridine rings is 2. The molecular formula is C35H43N5O4. The molecule has 1 saturated heterocycles. The predicted octanol–water partition coefficient (Wildman–Crippen LogP) is 7.53. The Labute approximate surface area is 259 Å². The first-order valence-electron chi connectivity index (χ1n) is 15.1. The molecule has 1 aliphatic rings. The van der Waals surface area contributed by atoms with Crippen molar-refractivity contribution < 1.29 is 19.1 Å². The van der Waals surface area contributed by atoms with Crippen LogP contribution in [0.25, 0.3) is 33.4 Å². The van der Waals surface area contributed by atoms with Crippen LogP contribution in [0.4, 0.5) is 15.3 Å². The number of aryl methyl sites for hydroxylation is 3. The molecule has 1 amide bonds. The van der Waals surface area contributed by atoms with Crippen molar-refractivity contribution >= 4 is 28.9 Å². The van der Waals surface area contributed by atoms with Crippen LogP contribution in [-0.4, -0.2) is 69.0 Å². The van der Waals surface area contributed by atoms with E-state index < -0.39 is 17.3 Å². The number of carbonyl (C=O) groups is 2. The molecule has 1 aromatic carbocycles. The van der Waals surface area contributed by atoms with E-state index in [4.69, 9.17) is 14.5 Å². The van der Waals surface area contributed by atoms with Crippen LogP contribution < -0.4 is 4.90 Å². The van der Waals surface area contributed by atoms with Crippen molar-refractivity contribution in [3.8, 4) is 22.4 Å². The predicted molar refractivity (Wildman–Crippen MR) is 174 cm³/mol. The number of aromatic nitrogens is 3. The van der Waals surface area contributed by atoms with Crippen molar-refractivity contribution in [2.45, 2.75) is 73.5 Å². The van der Waals surface area contributed by atoms with Gasteiger partial charge in [-0.1, -0.05) is 12.1 Å². The van der Waals surface area contributed by atoms with Gasteiger partial charge in [0.1, 0.15) is 11.2 Å². The molecule has 0 atom stereocenters. The number of benzene rings is 1. The summed E-state index contributed by atoms with van der Waals surface area (Å²) in [5, 5.41) is 0. The number of fused-ring (bicyclic) bond motifs is 1. The first kappa shape index (κ1) is 31.0. The van der Waals surface area contributed by atoms with Crippen molar-refractivity contribution in [1.82, 2.24) is 19.4 Å². The van der Waals surface area contributed by atoms with Gasteiger partial charge in [0.05, 0.1) is 16.7 Å². The fraction of sp³-hybridized carbons (Fsp3) is 0.429. The minimum atomic E-state index is -0.672. The zero-order valence-corrected chi connectivity index (χ0v) is 27.3. The second-order valence-corrected chi connectivity index (χ2v) is 13.5. The van der Waals surface area contributed by atoms with Gasteiger partial charge in [0, 0.05) is 60.6 Å². The Morgan fingerprint density at radius 1 is 0.727 bits per heavy atom. The van der Waals surface area contributed by atoms with Gasteiger partial charge < -0.3 is 19.3 Å². The highest BCUT2D eigenvalue weighted by molar-refractivity contribution is 5.99. The van der Waals surface area contributed by atoms with E-state index in [0.29, 0.717) is 31.7 Å². The van der Waals surface area contributed by atoms with Crippen LogP contribution in [0.5, 0.6) is 0 Å². The van der Waals surface area contributed by atoms with Crippen LogP contribution in [0.1, 0.15) is 58.5 Å². The van der Waals surface area contributed by atoms with Gasteiger partial charge in [-0.2, -0.15) is 0 Å². The average molecular weight is 598 g/mol. The number of rotatable bonds is 3. The van der Waals surface area contributed by atoms with E-state index in [9.17, 15) is 9.59 Å². The summed E-state index contributed by atoms with van der Waals surface area (Å²) in [6.45, 7) is 19.8. The molecule has 0 saturated carbocycles. The summed E-state index contributed by atoms with van der Waals surface area (Å²) in [6, 6.07) is 14.3. The third kappa shape index (κ3) is 6.72. The van der Waals surface area contributed by atoms with Crippen LogP contribution >= 0.6 is 0 Å². The fourth-order valence-electron chi connectivity index (χ4n) is 5.62. The summed E-state index contributed by atoms with van der Waals surface area (Å²) in [5.74, 6) is 0. The van der Waals surface area contributed by atoms with Gasteiger partial charge in [0.2, 0.25) is 0 Å². The molecular weight excluding hydrogens is 554 g/mol. The highest BCUT2D eigenvalue weighted by atomic mass is 16.6. The van der Waals surface area contributed by atoms with Crippen LogP contribution in [0, 0.1) is 20.8 Å². The standard InChI is InChI=1S/C35H43N5O4/c1-22-18-26(19-23(2)37-22)27-20-29-30(36-21-27)24(3)31(40(29)33(42)44-35(7,8)9)25-10-12-28(13-11-25)38-14-16-39(17-15-38)32(41)43-34(4,5)6/h10-13,18-21H,14-17H2,1-9H3. The Morgan fingerprint density at radius 3 is 1.86 bits per heavy atom. The van der Waals surface area contributed by atoms with Crippen molar-refractivity contribution in [3.63, 3.8) is 0 Å². The Balaban J connectivity index is 1.49. The summed E-state index contributed by atoms with van der Waals surface area (Å²) >= 11 is 0. The quantitative estimate of drug-likeness (QED) is 0.241. The maximum absolute atomic E-state index is 13.8. The lowest BCUT2D eigenvalue weighted by Gasteiger charge is -2.36. The van der Waals surface area contributed by atoms with E-state index in [1.165, 1.54) is 0 Å². The van der Waals surface area contributed by atoms with E-state index in [0.717, 1.165) is 50.5 Å². The summed E-state index contributed by atoms with van der Waals surface area (Å²) in [6.07, 6.45) is 1.13. The number of anilines is 1. The molecule has 1 aliphatic heterocycles. The first-order valence-corrected chi connectivity index (χ1v) is 15.1. The molecule has 0 N–H and O–H groups in total. The van der Waals surface area contributed by atoms with Crippen LogP contribution in [0.2, 0.25) is 0 Å². The Morgan fingerprint density at radius 2 is 1.30 bits per heavy atom. The van der Waals surface area contributed by atoms with Gasteiger partial charge in [-0.05, 0) is 104 Å². The summed E-state index contributed by atoms with van der Waals surface area (Å²) in [7, 11) is 0. The second-order valence-electron chi connectivity index (χ2n) is 13.5. The SMILES string of the molecule is Cc1cc(-c2cnc3c(C)c(-c4ccc(N5CCN(C(=O)OC(C)(C)C)CC5)cc4)n(C(=O)OC(C)(C)C)c3c2)cc(C)n1. The molecule has 4 heterocycles. The second kappa shape index (κ2) is 11.6. The third-order valence-electron chi connectivity index (χ3n) is 7.47. The zero-order valence-electron chi connectivity index (χ0n) is 27.3. The van der Waals surface area contributed by atoms with Crippen molar-refractivity contribution in [2.24, 2.45) is 0 Å². The van der Waals surface area contributed by atoms with Gasteiger partial charge >= 0.3 is 12.2 Å². The third-order valence-corrected chi connectivity index (χ3v) is 7.47. The van der Waals surface area contributed by atoms with E-state index >= 15 is 0 Å². The average Bonchev–Trinajstić information content (AvgIpc) is 3.22. The lowest BCUT2D eigenvalue weighted by atomic mass is 10.1. The minimum absolute atomic E-state index is 0.274. The molecule has 44 heavy (non-hydrogen) atoms. The number of amides is 1. The lowest BCUT2D eigenvalue weighted by Crippen LogP contribution is -2.50. The molecule has 0 unspecified atom stereocenters. The van der Waals surface area contributed by atoms with Gasteiger partial charge in [-0.15, -0.1) is 0 Å². The van der Waals surface area contributed by atoms with Crippen molar-refractivity contribution in [1.29, 1.82) is 0 Å². The summed E-state index contributed by atoms with van der Waals surface area (Å²) in [5.41, 5.74) is 7.60. The largest absolute Gasteiger partial charge is 0.444 e. The highest BCUT2D eigenvalue weighted by Gasteiger charge is 2.28. The lowest BCUT2D eigenvalue weighted by molar-refractivity contribution is 0.0240. The zero-order chi connectivity index (χ0) is 32.0. The molecule has 0 radical (unpaired) electrons. The van der Waals surface area contributed by atoms with E-state index in [-0.39, 0.29) is 6.09 Å².